The molecule has 0 aliphatic carbocycles. The Morgan fingerprint density at radius 3 is 2.81 bits per heavy atom. The molecule has 4 heterocycles. The van der Waals surface area contributed by atoms with Gasteiger partial charge in [0.1, 0.15) is 12.0 Å². The van der Waals surface area contributed by atoms with Crippen LogP contribution in [0, 0.1) is 0 Å². The van der Waals surface area contributed by atoms with Crippen LogP contribution in [0.25, 0.3) is 0 Å². The SMILES string of the molecule is COc1c(N)ncnc1NC1=CN2C(=CNC23CCN(C)CC3)C(C)=C1. The Hall–Kier alpha value is -2.74. The number of nitrogen functional groups attached to an aromatic ring is 1. The Kier molecular flexibility index (Phi) is 3.99. The minimum atomic E-state index is -0.0565. The highest BCUT2D eigenvalue weighted by atomic mass is 16.5. The second-order valence-corrected chi connectivity index (χ2v) is 7.06. The van der Waals surface area contributed by atoms with E-state index < -0.39 is 0 Å². The van der Waals surface area contributed by atoms with E-state index in [0.29, 0.717) is 17.4 Å². The molecule has 0 saturated carbocycles. The van der Waals surface area contributed by atoms with Crippen molar-refractivity contribution in [3.05, 3.63) is 41.8 Å². The average molecular weight is 355 g/mol. The number of hydrogen-bond acceptors (Lipinski definition) is 8. The van der Waals surface area contributed by atoms with Crippen molar-refractivity contribution in [1.82, 2.24) is 25.1 Å². The van der Waals surface area contributed by atoms with Crippen LogP contribution in [0.5, 0.6) is 5.75 Å². The van der Waals surface area contributed by atoms with Crippen molar-refractivity contribution in [1.29, 1.82) is 0 Å². The maximum Gasteiger partial charge on any atom is 0.204 e. The molecule has 0 radical (unpaired) electrons. The molecule has 0 unspecified atom stereocenters. The summed E-state index contributed by atoms with van der Waals surface area (Å²) in [6, 6.07) is 0. The number of nitrogens with one attached hydrogen (secondary N) is 2. The van der Waals surface area contributed by atoms with Crippen molar-refractivity contribution >= 4 is 11.6 Å². The fourth-order valence-corrected chi connectivity index (χ4v) is 3.81. The molecular weight excluding hydrogens is 330 g/mol. The summed E-state index contributed by atoms with van der Waals surface area (Å²) in [5.41, 5.74) is 9.19. The number of nitrogens with zero attached hydrogens (tertiary/aromatic N) is 4. The Bertz CT molecular complexity index is 806. The van der Waals surface area contributed by atoms with Gasteiger partial charge >= 0.3 is 0 Å². The molecule has 8 nitrogen and oxygen atoms in total. The second-order valence-electron chi connectivity index (χ2n) is 7.06. The zero-order valence-corrected chi connectivity index (χ0v) is 15.4. The first-order valence-corrected chi connectivity index (χ1v) is 8.80. The normalized spacial score (nSPS) is 21.5. The highest BCUT2D eigenvalue weighted by Crippen LogP contribution is 2.39. The summed E-state index contributed by atoms with van der Waals surface area (Å²) in [7, 11) is 3.74. The standard InChI is InChI=1S/C18H25N7O/c1-12-8-13(23-17-15(26-3)16(19)20-11-21-17)10-25-14(12)9-22-18(25)4-6-24(2)7-5-18/h8-11,22H,4-7H2,1-3H3,(H3,19,20,21,23). The number of likely N-dealkylation sites (tertiary alicyclic amines) is 1. The smallest absolute Gasteiger partial charge is 0.204 e. The molecule has 0 bridgehead atoms. The van der Waals surface area contributed by atoms with Gasteiger partial charge in [-0.15, -0.1) is 0 Å². The van der Waals surface area contributed by atoms with Gasteiger partial charge in [0.15, 0.2) is 11.6 Å². The summed E-state index contributed by atoms with van der Waals surface area (Å²) >= 11 is 0. The Morgan fingerprint density at radius 2 is 2.08 bits per heavy atom. The monoisotopic (exact) mass is 355 g/mol. The third-order valence-electron chi connectivity index (χ3n) is 5.35. The molecule has 4 rings (SSSR count). The van der Waals surface area contributed by atoms with Crippen molar-refractivity contribution in [2.45, 2.75) is 25.4 Å². The molecule has 0 amide bonds. The lowest BCUT2D eigenvalue weighted by Gasteiger charge is -2.45. The minimum Gasteiger partial charge on any atom is -0.490 e. The van der Waals surface area contributed by atoms with E-state index >= 15 is 0 Å². The number of hydrogen-bond donors (Lipinski definition) is 3. The van der Waals surface area contributed by atoms with Crippen LogP contribution in [-0.4, -0.2) is 52.7 Å². The van der Waals surface area contributed by atoms with Gasteiger partial charge < -0.3 is 30.9 Å². The molecule has 26 heavy (non-hydrogen) atoms. The molecule has 4 N–H and O–H groups in total. The van der Waals surface area contributed by atoms with E-state index in [1.807, 2.05) is 0 Å². The van der Waals surface area contributed by atoms with Gasteiger partial charge in [-0.2, -0.15) is 0 Å². The van der Waals surface area contributed by atoms with Gasteiger partial charge in [0, 0.05) is 38.3 Å². The molecule has 1 saturated heterocycles. The summed E-state index contributed by atoms with van der Waals surface area (Å²) in [5, 5.41) is 6.97. The first kappa shape index (κ1) is 16.7. The van der Waals surface area contributed by atoms with E-state index in [9.17, 15) is 0 Å². The van der Waals surface area contributed by atoms with Gasteiger partial charge in [0.25, 0.3) is 0 Å². The third kappa shape index (κ3) is 2.66. The van der Waals surface area contributed by atoms with E-state index in [2.05, 4.69) is 62.8 Å². The fourth-order valence-electron chi connectivity index (χ4n) is 3.81. The lowest BCUT2D eigenvalue weighted by molar-refractivity contribution is 0.0846. The van der Waals surface area contributed by atoms with Crippen molar-refractivity contribution in [2.75, 3.05) is 38.3 Å². The molecule has 1 fully saturated rings. The van der Waals surface area contributed by atoms with Gasteiger partial charge in [-0.3, -0.25) is 0 Å². The van der Waals surface area contributed by atoms with Crippen LogP contribution in [0.2, 0.25) is 0 Å². The van der Waals surface area contributed by atoms with Crippen molar-refractivity contribution < 1.29 is 4.74 Å². The van der Waals surface area contributed by atoms with Gasteiger partial charge in [0.05, 0.1) is 18.5 Å². The van der Waals surface area contributed by atoms with Gasteiger partial charge in [-0.25, -0.2) is 9.97 Å². The maximum atomic E-state index is 5.89. The van der Waals surface area contributed by atoms with Crippen molar-refractivity contribution in [2.24, 2.45) is 0 Å². The minimum absolute atomic E-state index is 0.0565. The lowest BCUT2D eigenvalue weighted by Crippen LogP contribution is -2.56. The molecule has 1 spiro atoms. The first-order chi connectivity index (χ1) is 12.5. The second kappa shape index (κ2) is 6.21. The molecule has 8 heteroatoms. The molecule has 1 aromatic rings. The highest BCUT2D eigenvalue weighted by molar-refractivity contribution is 5.65. The number of allylic oxidation sites excluding steroid dienone is 2. The Balaban J connectivity index is 1.64. The predicted octanol–water partition coefficient (Wildman–Crippen LogP) is 1.45. The summed E-state index contributed by atoms with van der Waals surface area (Å²) in [6.45, 7) is 4.26. The highest BCUT2D eigenvalue weighted by Gasteiger charge is 2.43. The van der Waals surface area contributed by atoms with Crippen molar-refractivity contribution in [3.63, 3.8) is 0 Å². The summed E-state index contributed by atoms with van der Waals surface area (Å²) in [6.07, 6.45) is 9.93. The number of anilines is 2. The lowest BCUT2D eigenvalue weighted by atomic mass is 9.94. The summed E-state index contributed by atoms with van der Waals surface area (Å²) in [4.78, 5) is 13.0. The number of rotatable bonds is 3. The van der Waals surface area contributed by atoms with Crippen LogP contribution >= 0.6 is 0 Å². The number of ether oxygens (including phenoxy) is 1. The number of aromatic nitrogens is 2. The molecule has 3 aliphatic rings. The zero-order chi connectivity index (χ0) is 18.3. The zero-order valence-electron chi connectivity index (χ0n) is 15.4. The quantitative estimate of drug-likeness (QED) is 0.750. The van der Waals surface area contributed by atoms with Gasteiger partial charge in [0.2, 0.25) is 5.75 Å². The molecule has 0 atom stereocenters. The molecular formula is C18H25N7O. The average Bonchev–Trinajstić information content (AvgIpc) is 2.97. The van der Waals surface area contributed by atoms with Crippen molar-refractivity contribution in [3.8, 4) is 5.75 Å². The predicted molar refractivity (Wildman–Crippen MR) is 101 cm³/mol. The maximum absolute atomic E-state index is 5.89. The first-order valence-electron chi connectivity index (χ1n) is 8.80. The fraction of sp³-hybridized carbons (Fsp3) is 0.444. The van der Waals surface area contributed by atoms with E-state index in [-0.39, 0.29) is 5.66 Å². The Morgan fingerprint density at radius 1 is 1.31 bits per heavy atom. The number of fused-ring (bicyclic) bond motifs is 2. The molecule has 138 valence electrons. The van der Waals surface area contributed by atoms with Crippen LogP contribution in [0.15, 0.2) is 41.8 Å². The number of nitrogens with two attached hydrogens (primary N) is 1. The van der Waals surface area contributed by atoms with E-state index in [0.717, 1.165) is 31.6 Å². The molecule has 3 aliphatic heterocycles. The number of methoxy groups -OCH3 is 1. The molecule has 1 aromatic heterocycles. The largest absolute Gasteiger partial charge is 0.490 e. The van der Waals surface area contributed by atoms with Crippen LogP contribution in [0.1, 0.15) is 19.8 Å². The van der Waals surface area contributed by atoms with Crippen LogP contribution in [-0.2, 0) is 0 Å². The van der Waals surface area contributed by atoms with E-state index in [1.165, 1.54) is 17.6 Å². The summed E-state index contributed by atoms with van der Waals surface area (Å²) in [5.74, 6) is 1.33. The Labute approximate surface area is 153 Å². The summed E-state index contributed by atoms with van der Waals surface area (Å²) < 4.78 is 5.35. The topological polar surface area (TPSA) is 91.6 Å². The van der Waals surface area contributed by atoms with Crippen LogP contribution in [0.4, 0.5) is 11.6 Å². The van der Waals surface area contributed by atoms with E-state index in [4.69, 9.17) is 10.5 Å². The third-order valence-corrected chi connectivity index (χ3v) is 5.35. The van der Waals surface area contributed by atoms with Crippen LogP contribution < -0.4 is 21.1 Å². The van der Waals surface area contributed by atoms with Gasteiger partial charge in [-0.05, 0) is 25.6 Å². The van der Waals surface area contributed by atoms with Gasteiger partial charge in [-0.1, -0.05) is 0 Å². The molecule has 0 aromatic carbocycles. The van der Waals surface area contributed by atoms with Crippen LogP contribution in [0.3, 0.4) is 0 Å². The van der Waals surface area contributed by atoms with E-state index in [1.54, 1.807) is 7.11 Å². The number of piperidine rings is 1.